The summed E-state index contributed by atoms with van der Waals surface area (Å²) in [7, 11) is 0. The van der Waals surface area contributed by atoms with Crippen molar-refractivity contribution in [2.45, 2.75) is 128 Å². The number of aliphatic carboxylic acids is 1. The minimum absolute atomic E-state index is 0.173. The molecule has 3 N–H and O–H groups in total. The van der Waals surface area contributed by atoms with Crippen molar-refractivity contribution in [1.82, 2.24) is 5.32 Å². The first kappa shape index (κ1) is 25.5. The lowest BCUT2D eigenvalue weighted by Crippen LogP contribution is -2.36. The fraction of sp³-hybridized carbons (Fsp3) is 0.926. The fourth-order valence-electron chi connectivity index (χ4n) is 7.17. The van der Waals surface area contributed by atoms with Gasteiger partial charge in [0.1, 0.15) is 6.10 Å². The summed E-state index contributed by atoms with van der Waals surface area (Å²) in [6.07, 6.45) is 20.7. The van der Waals surface area contributed by atoms with Gasteiger partial charge in [-0.2, -0.15) is 0 Å². The molecule has 5 unspecified atom stereocenters. The van der Waals surface area contributed by atoms with Crippen molar-refractivity contribution in [3.63, 3.8) is 0 Å². The Hall–Kier alpha value is -1.10. The Balaban J connectivity index is 1.17. The molecule has 1 amide bonds. The zero-order valence-electron chi connectivity index (χ0n) is 20.2. The Morgan fingerprint density at radius 2 is 1.53 bits per heavy atom. The van der Waals surface area contributed by atoms with Crippen molar-refractivity contribution in [2.75, 3.05) is 6.54 Å². The van der Waals surface area contributed by atoms with Gasteiger partial charge < -0.3 is 15.5 Å². The molecule has 0 aliphatic heterocycles. The SMILES string of the molecule is O=C(O)CCCCCCCCCCCNC(=O)C(O)CCC12CC3CCCC(C1)C(C3)C2. The zero-order chi connectivity index (χ0) is 22.8. The Morgan fingerprint density at radius 1 is 0.875 bits per heavy atom. The molecule has 32 heavy (non-hydrogen) atoms. The van der Waals surface area contributed by atoms with Crippen LogP contribution in [0.3, 0.4) is 0 Å². The summed E-state index contributed by atoms with van der Waals surface area (Å²) < 4.78 is 0. The van der Waals surface area contributed by atoms with Gasteiger partial charge in [-0.3, -0.25) is 9.59 Å². The third-order valence-corrected chi connectivity index (χ3v) is 8.72. The van der Waals surface area contributed by atoms with Crippen LogP contribution in [0.5, 0.6) is 0 Å². The molecule has 0 aromatic rings. The van der Waals surface area contributed by atoms with E-state index in [4.69, 9.17) is 5.11 Å². The quantitative estimate of drug-likeness (QED) is 0.259. The van der Waals surface area contributed by atoms with Crippen LogP contribution in [0.1, 0.15) is 122 Å². The third-order valence-electron chi connectivity index (χ3n) is 8.72. The molecule has 5 atom stereocenters. The summed E-state index contributed by atoms with van der Waals surface area (Å²) >= 11 is 0. The highest BCUT2D eigenvalue weighted by Crippen LogP contribution is 2.61. The normalized spacial score (nSPS) is 29.6. The molecule has 3 aliphatic carbocycles. The second kappa shape index (κ2) is 13.0. The van der Waals surface area contributed by atoms with Gasteiger partial charge in [-0.1, -0.05) is 64.2 Å². The largest absolute Gasteiger partial charge is 0.481 e. The van der Waals surface area contributed by atoms with E-state index in [2.05, 4.69) is 5.32 Å². The Morgan fingerprint density at radius 3 is 2.25 bits per heavy atom. The summed E-state index contributed by atoms with van der Waals surface area (Å²) in [5.41, 5.74) is 0.427. The van der Waals surface area contributed by atoms with E-state index in [-0.39, 0.29) is 5.91 Å². The molecule has 0 aromatic carbocycles. The third kappa shape index (κ3) is 8.04. The van der Waals surface area contributed by atoms with E-state index in [1.165, 1.54) is 70.6 Å². The monoisotopic (exact) mass is 449 g/mol. The minimum atomic E-state index is -0.841. The predicted octanol–water partition coefficient (Wildman–Crippen LogP) is 5.84. The Labute approximate surface area is 195 Å². The van der Waals surface area contributed by atoms with Crippen LogP contribution in [0.4, 0.5) is 0 Å². The number of amides is 1. The number of rotatable bonds is 16. The van der Waals surface area contributed by atoms with Crippen LogP contribution in [0, 0.1) is 23.2 Å². The van der Waals surface area contributed by atoms with Crippen LogP contribution in [0.2, 0.25) is 0 Å². The van der Waals surface area contributed by atoms with Crippen molar-refractivity contribution in [3.8, 4) is 0 Å². The number of hydrogen-bond donors (Lipinski definition) is 3. The number of carbonyl (C=O) groups is 2. The highest BCUT2D eigenvalue weighted by Gasteiger charge is 2.51. The molecule has 3 aliphatic rings. The lowest BCUT2D eigenvalue weighted by atomic mass is 9.67. The molecule has 5 heteroatoms. The van der Waals surface area contributed by atoms with Gasteiger partial charge in [0, 0.05) is 13.0 Å². The number of hydrogen-bond acceptors (Lipinski definition) is 3. The van der Waals surface area contributed by atoms with Crippen molar-refractivity contribution in [3.05, 3.63) is 0 Å². The number of unbranched alkanes of at least 4 members (excludes halogenated alkanes) is 8. The van der Waals surface area contributed by atoms with E-state index in [1.54, 1.807) is 0 Å². The molecular formula is C27H47NO4. The van der Waals surface area contributed by atoms with Crippen LogP contribution in [-0.4, -0.2) is 34.7 Å². The molecule has 0 saturated heterocycles. The molecule has 3 rings (SSSR count). The average molecular weight is 450 g/mol. The molecule has 0 radical (unpaired) electrons. The van der Waals surface area contributed by atoms with Gasteiger partial charge in [0.25, 0.3) is 0 Å². The Kier molecular flexibility index (Phi) is 10.3. The average Bonchev–Trinajstić information content (AvgIpc) is 2.92. The van der Waals surface area contributed by atoms with Crippen molar-refractivity contribution < 1.29 is 19.8 Å². The molecule has 0 heterocycles. The van der Waals surface area contributed by atoms with Crippen molar-refractivity contribution in [2.24, 2.45) is 23.2 Å². The number of fused-ring (bicyclic) bond motifs is 2. The summed E-state index contributed by atoms with van der Waals surface area (Å²) in [5, 5.41) is 22.0. The van der Waals surface area contributed by atoms with Gasteiger partial charge in [-0.05, 0) is 74.5 Å². The second-order valence-corrected chi connectivity index (χ2v) is 11.3. The summed E-state index contributed by atoms with van der Waals surface area (Å²) in [4.78, 5) is 22.8. The fourth-order valence-corrected chi connectivity index (χ4v) is 7.17. The van der Waals surface area contributed by atoms with Crippen molar-refractivity contribution in [1.29, 1.82) is 0 Å². The predicted molar refractivity (Wildman–Crippen MR) is 127 cm³/mol. The zero-order valence-corrected chi connectivity index (χ0v) is 20.2. The maximum atomic E-state index is 12.3. The van der Waals surface area contributed by atoms with Crippen LogP contribution in [-0.2, 0) is 9.59 Å². The first-order valence-electron chi connectivity index (χ1n) is 13.6. The number of nitrogens with one attached hydrogen (secondary N) is 1. The highest BCUT2D eigenvalue weighted by atomic mass is 16.4. The lowest BCUT2D eigenvalue weighted by Gasteiger charge is -2.38. The summed E-state index contributed by atoms with van der Waals surface area (Å²) in [6, 6.07) is 0. The molecule has 3 saturated carbocycles. The van der Waals surface area contributed by atoms with Crippen LogP contribution >= 0.6 is 0 Å². The molecule has 3 bridgehead atoms. The first-order valence-corrected chi connectivity index (χ1v) is 13.6. The molecule has 3 fully saturated rings. The van der Waals surface area contributed by atoms with Crippen molar-refractivity contribution >= 4 is 11.9 Å². The van der Waals surface area contributed by atoms with E-state index in [1.807, 2.05) is 0 Å². The van der Waals surface area contributed by atoms with E-state index in [0.717, 1.165) is 56.3 Å². The van der Waals surface area contributed by atoms with Gasteiger partial charge in [-0.15, -0.1) is 0 Å². The van der Waals surface area contributed by atoms with E-state index in [0.29, 0.717) is 24.8 Å². The highest BCUT2D eigenvalue weighted by molar-refractivity contribution is 5.80. The lowest BCUT2D eigenvalue weighted by molar-refractivity contribution is -0.137. The number of carbonyl (C=O) groups excluding carboxylic acids is 1. The molecule has 0 aromatic heterocycles. The van der Waals surface area contributed by atoms with Gasteiger partial charge in [0.2, 0.25) is 5.91 Å². The van der Waals surface area contributed by atoms with Gasteiger partial charge in [0.15, 0.2) is 0 Å². The van der Waals surface area contributed by atoms with Crippen LogP contribution in [0.15, 0.2) is 0 Å². The number of aliphatic hydroxyl groups excluding tert-OH is 1. The van der Waals surface area contributed by atoms with E-state index >= 15 is 0 Å². The number of carboxylic acids is 1. The molecular weight excluding hydrogens is 402 g/mol. The van der Waals surface area contributed by atoms with Crippen LogP contribution < -0.4 is 5.32 Å². The molecule has 5 nitrogen and oxygen atoms in total. The summed E-state index contributed by atoms with van der Waals surface area (Å²) in [5.74, 6) is 1.89. The topological polar surface area (TPSA) is 86.6 Å². The maximum Gasteiger partial charge on any atom is 0.303 e. The first-order chi connectivity index (χ1) is 15.5. The second-order valence-electron chi connectivity index (χ2n) is 11.3. The summed E-state index contributed by atoms with van der Waals surface area (Å²) in [6.45, 7) is 0.669. The molecule has 0 spiro atoms. The smallest absolute Gasteiger partial charge is 0.303 e. The standard InChI is InChI=1S/C27H47NO4/c29-24(14-15-27-18-21-11-10-12-22(19-27)23(17-21)20-27)26(32)28-16-9-7-5-3-1-2-4-6-8-13-25(30)31/h21-24,29H,1-20H2,(H,28,32)(H,30,31). The molecule has 184 valence electrons. The minimum Gasteiger partial charge on any atom is -0.481 e. The number of carboxylic acid groups (broad SMARTS) is 1. The van der Waals surface area contributed by atoms with Gasteiger partial charge in [0.05, 0.1) is 0 Å². The Bertz CT molecular complexity index is 590. The van der Waals surface area contributed by atoms with Gasteiger partial charge >= 0.3 is 5.97 Å². The van der Waals surface area contributed by atoms with E-state index < -0.39 is 12.1 Å². The maximum absolute atomic E-state index is 12.3. The number of aliphatic hydroxyl groups is 1. The van der Waals surface area contributed by atoms with E-state index in [9.17, 15) is 14.7 Å². The van der Waals surface area contributed by atoms with Crippen LogP contribution in [0.25, 0.3) is 0 Å². The van der Waals surface area contributed by atoms with Gasteiger partial charge in [-0.25, -0.2) is 0 Å².